The molecule has 0 heterocycles. The summed E-state index contributed by atoms with van der Waals surface area (Å²) in [6.07, 6.45) is 5.47. The second-order valence-electron chi connectivity index (χ2n) is 5.95. The number of benzene rings is 1. The maximum atomic E-state index is 3.44. The van der Waals surface area contributed by atoms with Gasteiger partial charge in [-0.2, -0.15) is 0 Å². The summed E-state index contributed by atoms with van der Waals surface area (Å²) in [5.74, 6) is 0.877. The van der Waals surface area contributed by atoms with Crippen molar-refractivity contribution in [3.8, 4) is 0 Å². The first kappa shape index (κ1) is 14.4. The van der Waals surface area contributed by atoms with Crippen LogP contribution < -0.4 is 10.2 Å². The first-order valence-corrected chi connectivity index (χ1v) is 7.73. The van der Waals surface area contributed by atoms with Gasteiger partial charge in [0.1, 0.15) is 0 Å². The molecule has 1 aliphatic carbocycles. The van der Waals surface area contributed by atoms with Crippen LogP contribution in [0.4, 0.5) is 5.69 Å². The smallest absolute Gasteiger partial charge is 0.0411 e. The highest BCUT2D eigenvalue weighted by Gasteiger charge is 2.23. The molecule has 2 rings (SSSR count). The van der Waals surface area contributed by atoms with Crippen LogP contribution in [0.15, 0.2) is 24.3 Å². The van der Waals surface area contributed by atoms with Gasteiger partial charge in [0.05, 0.1) is 0 Å². The van der Waals surface area contributed by atoms with E-state index in [0.29, 0.717) is 6.04 Å². The molecule has 19 heavy (non-hydrogen) atoms. The lowest BCUT2D eigenvalue weighted by Crippen LogP contribution is -2.36. The molecule has 0 amide bonds. The van der Waals surface area contributed by atoms with Gasteiger partial charge < -0.3 is 10.2 Å². The molecule has 2 unspecified atom stereocenters. The van der Waals surface area contributed by atoms with Crippen LogP contribution in [0.5, 0.6) is 0 Å². The molecule has 1 fully saturated rings. The lowest BCUT2D eigenvalue weighted by molar-refractivity contribution is 0.336. The van der Waals surface area contributed by atoms with Gasteiger partial charge in [-0.25, -0.2) is 0 Å². The van der Waals surface area contributed by atoms with Crippen LogP contribution in [0.25, 0.3) is 0 Å². The Balaban J connectivity index is 2.11. The second-order valence-corrected chi connectivity index (χ2v) is 5.95. The van der Waals surface area contributed by atoms with Gasteiger partial charge in [0.25, 0.3) is 0 Å². The van der Waals surface area contributed by atoms with Crippen LogP contribution in [0.1, 0.15) is 45.1 Å². The Morgan fingerprint density at radius 3 is 2.79 bits per heavy atom. The van der Waals surface area contributed by atoms with Crippen LogP contribution in [0, 0.1) is 5.92 Å². The molecular formula is C17H28N2. The van der Waals surface area contributed by atoms with Crippen molar-refractivity contribution in [1.82, 2.24) is 5.32 Å². The van der Waals surface area contributed by atoms with Crippen molar-refractivity contribution < 1.29 is 0 Å². The van der Waals surface area contributed by atoms with Gasteiger partial charge in [0, 0.05) is 25.3 Å². The summed E-state index contributed by atoms with van der Waals surface area (Å²) in [4.78, 5) is 2.52. The molecule has 2 heteroatoms. The summed E-state index contributed by atoms with van der Waals surface area (Å²) in [6, 6.07) is 9.54. The van der Waals surface area contributed by atoms with Gasteiger partial charge in [-0.05, 0) is 36.9 Å². The lowest BCUT2D eigenvalue weighted by Gasteiger charge is -2.36. The third-order valence-electron chi connectivity index (χ3n) is 4.39. The van der Waals surface area contributed by atoms with Crippen molar-refractivity contribution in [3.63, 3.8) is 0 Å². The molecule has 1 saturated carbocycles. The summed E-state index contributed by atoms with van der Waals surface area (Å²) in [5.41, 5.74) is 2.83. The molecule has 0 aromatic heterocycles. The van der Waals surface area contributed by atoms with Gasteiger partial charge in [-0.3, -0.25) is 0 Å². The summed E-state index contributed by atoms with van der Waals surface area (Å²) in [7, 11) is 2.27. The molecule has 2 nitrogen and oxygen atoms in total. The number of rotatable bonds is 5. The Morgan fingerprint density at radius 2 is 2.05 bits per heavy atom. The fourth-order valence-electron chi connectivity index (χ4n) is 3.21. The molecule has 0 saturated heterocycles. The van der Waals surface area contributed by atoms with Gasteiger partial charge in [0.2, 0.25) is 0 Å². The van der Waals surface area contributed by atoms with Crippen molar-refractivity contribution in [3.05, 3.63) is 29.8 Å². The zero-order valence-corrected chi connectivity index (χ0v) is 12.7. The first-order chi connectivity index (χ1) is 9.22. The van der Waals surface area contributed by atoms with E-state index in [1.807, 2.05) is 0 Å². The van der Waals surface area contributed by atoms with E-state index in [4.69, 9.17) is 0 Å². The van der Waals surface area contributed by atoms with Gasteiger partial charge >= 0.3 is 0 Å². The van der Waals surface area contributed by atoms with Crippen LogP contribution in [0.2, 0.25) is 0 Å². The Labute approximate surface area is 118 Å². The van der Waals surface area contributed by atoms with Crippen LogP contribution in [0.3, 0.4) is 0 Å². The predicted octanol–water partition coefficient (Wildman–Crippen LogP) is 3.81. The Bertz CT molecular complexity index is 389. The number of anilines is 1. The summed E-state index contributed by atoms with van der Waals surface area (Å²) in [5, 5.41) is 3.44. The normalized spacial score (nSPS) is 23.3. The molecule has 0 radical (unpaired) electrons. The molecule has 1 aromatic carbocycles. The highest BCUT2D eigenvalue weighted by molar-refractivity contribution is 5.53. The molecule has 1 aliphatic rings. The standard InChI is InChI=1S/C17H28N2/c1-4-18-13-15-9-5-6-11-17(15)19(3)16-10-7-8-14(2)12-16/h5-6,9,11,14,16,18H,4,7-8,10,12-13H2,1-3H3. The average molecular weight is 260 g/mol. The monoisotopic (exact) mass is 260 g/mol. The highest BCUT2D eigenvalue weighted by atomic mass is 15.1. The number of nitrogens with zero attached hydrogens (tertiary/aromatic N) is 1. The summed E-state index contributed by atoms with van der Waals surface area (Å²) in [6.45, 7) is 6.55. The van der Waals surface area contributed by atoms with Crippen molar-refractivity contribution in [2.24, 2.45) is 5.92 Å². The summed E-state index contributed by atoms with van der Waals surface area (Å²) >= 11 is 0. The largest absolute Gasteiger partial charge is 0.371 e. The summed E-state index contributed by atoms with van der Waals surface area (Å²) < 4.78 is 0. The zero-order valence-electron chi connectivity index (χ0n) is 12.7. The van der Waals surface area contributed by atoms with E-state index in [9.17, 15) is 0 Å². The fourth-order valence-corrected chi connectivity index (χ4v) is 3.21. The average Bonchev–Trinajstić information content (AvgIpc) is 2.44. The number of nitrogens with one attached hydrogen (secondary N) is 1. The Hall–Kier alpha value is -1.02. The van der Waals surface area contributed by atoms with E-state index in [1.54, 1.807) is 0 Å². The van der Waals surface area contributed by atoms with E-state index in [2.05, 4.69) is 55.4 Å². The third kappa shape index (κ3) is 3.73. The van der Waals surface area contributed by atoms with E-state index >= 15 is 0 Å². The molecule has 0 bridgehead atoms. The van der Waals surface area contributed by atoms with E-state index in [-0.39, 0.29) is 0 Å². The zero-order chi connectivity index (χ0) is 13.7. The van der Waals surface area contributed by atoms with Crippen molar-refractivity contribution in [1.29, 1.82) is 0 Å². The van der Waals surface area contributed by atoms with Gasteiger partial charge in [-0.1, -0.05) is 44.9 Å². The minimum Gasteiger partial charge on any atom is -0.371 e. The van der Waals surface area contributed by atoms with Crippen LogP contribution in [-0.2, 0) is 6.54 Å². The van der Waals surface area contributed by atoms with Crippen molar-refractivity contribution in [2.75, 3.05) is 18.5 Å². The van der Waals surface area contributed by atoms with E-state index in [0.717, 1.165) is 19.0 Å². The van der Waals surface area contributed by atoms with E-state index < -0.39 is 0 Å². The molecule has 1 N–H and O–H groups in total. The van der Waals surface area contributed by atoms with Crippen LogP contribution in [-0.4, -0.2) is 19.6 Å². The molecule has 2 atom stereocenters. The number of para-hydroxylation sites is 1. The van der Waals surface area contributed by atoms with Gasteiger partial charge in [-0.15, -0.1) is 0 Å². The Morgan fingerprint density at radius 1 is 1.26 bits per heavy atom. The quantitative estimate of drug-likeness (QED) is 0.866. The molecular weight excluding hydrogens is 232 g/mol. The predicted molar refractivity (Wildman–Crippen MR) is 83.6 cm³/mol. The van der Waals surface area contributed by atoms with E-state index in [1.165, 1.54) is 36.9 Å². The topological polar surface area (TPSA) is 15.3 Å². The second kappa shape index (κ2) is 6.95. The fraction of sp³-hybridized carbons (Fsp3) is 0.647. The molecule has 1 aromatic rings. The van der Waals surface area contributed by atoms with Crippen molar-refractivity contribution >= 4 is 5.69 Å². The molecule has 106 valence electrons. The van der Waals surface area contributed by atoms with Gasteiger partial charge in [0.15, 0.2) is 0 Å². The molecule has 0 spiro atoms. The van der Waals surface area contributed by atoms with Crippen LogP contribution >= 0.6 is 0 Å². The number of hydrogen-bond donors (Lipinski definition) is 1. The minimum absolute atomic E-state index is 0.714. The number of hydrogen-bond acceptors (Lipinski definition) is 2. The maximum absolute atomic E-state index is 3.44. The Kier molecular flexibility index (Phi) is 5.26. The first-order valence-electron chi connectivity index (χ1n) is 7.73. The SMILES string of the molecule is CCNCc1ccccc1N(C)C1CCCC(C)C1. The highest BCUT2D eigenvalue weighted by Crippen LogP contribution is 2.31. The third-order valence-corrected chi connectivity index (χ3v) is 4.39. The lowest BCUT2D eigenvalue weighted by atomic mass is 9.86. The molecule has 0 aliphatic heterocycles. The maximum Gasteiger partial charge on any atom is 0.0411 e. The minimum atomic E-state index is 0.714. The van der Waals surface area contributed by atoms with Crippen molar-refractivity contribution in [2.45, 2.75) is 52.1 Å².